The molecule has 0 spiro atoms. The number of fused-ring (bicyclic) bond motifs is 1. The standard InChI is InChI=1S/C32H32N2O5/c1-6-39-21-14-12-20(13-15-21)34-28(23-18-33-25-10-8-7-9-22(23)25)27(30(36)31(34)37)29(35)19-11-16-26(38-5)24(17-19)32(2,3)4/h7-18,28,33,35H,6H2,1-5H3/b29-27+. The van der Waals surface area contributed by atoms with E-state index in [1.807, 2.05) is 58.0 Å². The molecule has 1 amide bonds. The number of carbonyl (C=O) groups excluding carboxylic acids is 2. The van der Waals surface area contributed by atoms with Crippen molar-refractivity contribution in [1.29, 1.82) is 0 Å². The van der Waals surface area contributed by atoms with Crippen LogP contribution in [0, 0.1) is 0 Å². The van der Waals surface area contributed by atoms with Gasteiger partial charge in [0.25, 0.3) is 11.7 Å². The van der Waals surface area contributed by atoms with E-state index in [-0.39, 0.29) is 16.7 Å². The van der Waals surface area contributed by atoms with Gasteiger partial charge in [0.05, 0.1) is 25.3 Å². The van der Waals surface area contributed by atoms with Gasteiger partial charge in [-0.15, -0.1) is 0 Å². The molecule has 0 aliphatic carbocycles. The number of aromatic amines is 1. The number of rotatable bonds is 6. The number of amides is 1. The number of carbonyl (C=O) groups is 2. The Labute approximate surface area is 227 Å². The molecule has 1 saturated heterocycles. The number of ether oxygens (including phenoxy) is 2. The lowest BCUT2D eigenvalue weighted by molar-refractivity contribution is -0.132. The first-order chi connectivity index (χ1) is 18.7. The summed E-state index contributed by atoms with van der Waals surface area (Å²) in [6, 6.07) is 19.2. The first kappa shape index (κ1) is 26.1. The molecule has 1 aromatic heterocycles. The molecule has 3 aromatic carbocycles. The Kier molecular flexibility index (Phi) is 6.68. The van der Waals surface area contributed by atoms with Crippen molar-refractivity contribution in [2.24, 2.45) is 0 Å². The number of ketones is 1. The summed E-state index contributed by atoms with van der Waals surface area (Å²) in [5.74, 6) is -0.341. The number of para-hydroxylation sites is 1. The highest BCUT2D eigenvalue weighted by atomic mass is 16.5. The minimum Gasteiger partial charge on any atom is -0.507 e. The monoisotopic (exact) mass is 524 g/mol. The van der Waals surface area contributed by atoms with Crippen molar-refractivity contribution in [3.63, 3.8) is 0 Å². The highest BCUT2D eigenvalue weighted by Crippen LogP contribution is 2.45. The van der Waals surface area contributed by atoms with Crippen LogP contribution >= 0.6 is 0 Å². The number of methoxy groups -OCH3 is 1. The van der Waals surface area contributed by atoms with Crippen LogP contribution in [0.4, 0.5) is 5.69 Å². The van der Waals surface area contributed by atoms with Gasteiger partial charge in [-0.1, -0.05) is 39.0 Å². The molecule has 200 valence electrons. The first-order valence-electron chi connectivity index (χ1n) is 12.9. The Morgan fingerprint density at radius 2 is 1.74 bits per heavy atom. The van der Waals surface area contributed by atoms with Gasteiger partial charge in [-0.2, -0.15) is 0 Å². The number of benzene rings is 3. The van der Waals surface area contributed by atoms with Crippen molar-refractivity contribution < 1.29 is 24.2 Å². The van der Waals surface area contributed by atoms with Crippen molar-refractivity contribution in [3.8, 4) is 11.5 Å². The lowest BCUT2D eigenvalue weighted by Crippen LogP contribution is -2.29. The maximum Gasteiger partial charge on any atom is 0.300 e. The number of hydrogen-bond donors (Lipinski definition) is 2. The second kappa shape index (κ2) is 9.98. The van der Waals surface area contributed by atoms with Gasteiger partial charge in [0.15, 0.2) is 0 Å². The highest BCUT2D eigenvalue weighted by Gasteiger charge is 2.47. The van der Waals surface area contributed by atoms with Gasteiger partial charge in [-0.3, -0.25) is 14.5 Å². The maximum absolute atomic E-state index is 13.7. The molecule has 2 N–H and O–H groups in total. The lowest BCUT2D eigenvalue weighted by atomic mass is 9.84. The summed E-state index contributed by atoms with van der Waals surface area (Å²) in [7, 11) is 1.60. The second-order valence-electron chi connectivity index (χ2n) is 10.6. The van der Waals surface area contributed by atoms with Gasteiger partial charge in [-0.05, 0) is 60.9 Å². The second-order valence-corrected chi connectivity index (χ2v) is 10.6. The molecule has 0 bridgehead atoms. The minimum absolute atomic E-state index is 0.0312. The molecule has 4 aromatic rings. The molecular formula is C32H32N2O5. The average molecular weight is 525 g/mol. The summed E-state index contributed by atoms with van der Waals surface area (Å²) < 4.78 is 11.1. The normalized spacial score (nSPS) is 17.2. The smallest absolute Gasteiger partial charge is 0.300 e. The van der Waals surface area contributed by atoms with Crippen molar-refractivity contribution >= 4 is 34.0 Å². The summed E-state index contributed by atoms with van der Waals surface area (Å²) in [6.07, 6.45) is 1.80. The van der Waals surface area contributed by atoms with Gasteiger partial charge < -0.3 is 19.6 Å². The summed E-state index contributed by atoms with van der Waals surface area (Å²) in [4.78, 5) is 31.9. The Hall–Kier alpha value is -4.52. The zero-order chi connectivity index (χ0) is 27.9. The predicted octanol–water partition coefficient (Wildman–Crippen LogP) is 6.50. The Bertz CT molecular complexity index is 1590. The molecule has 5 rings (SSSR count). The molecule has 7 heteroatoms. The van der Waals surface area contributed by atoms with E-state index in [4.69, 9.17) is 9.47 Å². The van der Waals surface area contributed by atoms with Gasteiger partial charge in [0, 0.05) is 39.5 Å². The fourth-order valence-electron chi connectivity index (χ4n) is 5.18. The largest absolute Gasteiger partial charge is 0.507 e. The van der Waals surface area contributed by atoms with Crippen LogP contribution in [0.25, 0.3) is 16.7 Å². The number of anilines is 1. The zero-order valence-corrected chi connectivity index (χ0v) is 22.7. The molecule has 39 heavy (non-hydrogen) atoms. The van der Waals surface area contributed by atoms with Crippen LogP contribution in [0.2, 0.25) is 0 Å². The number of H-pyrrole nitrogens is 1. The number of aliphatic hydroxyl groups is 1. The van der Waals surface area contributed by atoms with E-state index in [9.17, 15) is 14.7 Å². The van der Waals surface area contributed by atoms with E-state index in [1.54, 1.807) is 49.7 Å². The number of aliphatic hydroxyl groups excluding tert-OH is 1. The van der Waals surface area contributed by atoms with Crippen molar-refractivity contribution in [3.05, 3.63) is 95.2 Å². The van der Waals surface area contributed by atoms with Crippen LogP contribution in [-0.2, 0) is 15.0 Å². The molecule has 1 aliphatic heterocycles. The van der Waals surface area contributed by atoms with Crippen molar-refractivity contribution in [2.75, 3.05) is 18.6 Å². The third kappa shape index (κ3) is 4.54. The molecule has 1 atom stereocenters. The fourth-order valence-corrected chi connectivity index (χ4v) is 5.18. The van der Waals surface area contributed by atoms with E-state index in [1.165, 1.54) is 4.90 Å². The number of aromatic nitrogens is 1. The zero-order valence-electron chi connectivity index (χ0n) is 22.7. The third-order valence-electron chi connectivity index (χ3n) is 7.07. The quantitative estimate of drug-likeness (QED) is 0.171. The molecule has 1 fully saturated rings. The maximum atomic E-state index is 13.7. The summed E-state index contributed by atoms with van der Waals surface area (Å²) in [6.45, 7) is 8.55. The van der Waals surface area contributed by atoms with Crippen LogP contribution in [0.3, 0.4) is 0 Å². The molecule has 7 nitrogen and oxygen atoms in total. The fraction of sp³-hybridized carbons (Fsp3) is 0.250. The number of nitrogens with one attached hydrogen (secondary N) is 1. The summed E-state index contributed by atoms with van der Waals surface area (Å²) >= 11 is 0. The number of Topliss-reactive ketones (excluding diaryl/α,β-unsaturated/α-hetero) is 1. The van der Waals surface area contributed by atoms with Gasteiger partial charge in [0.2, 0.25) is 0 Å². The molecule has 2 heterocycles. The van der Waals surface area contributed by atoms with Gasteiger partial charge in [0.1, 0.15) is 17.3 Å². The van der Waals surface area contributed by atoms with Crippen molar-refractivity contribution in [1.82, 2.24) is 4.98 Å². The van der Waals surface area contributed by atoms with Gasteiger partial charge in [-0.25, -0.2) is 0 Å². The van der Waals surface area contributed by atoms with E-state index in [0.29, 0.717) is 34.9 Å². The minimum atomic E-state index is -0.848. The van der Waals surface area contributed by atoms with E-state index in [0.717, 1.165) is 16.5 Å². The summed E-state index contributed by atoms with van der Waals surface area (Å²) in [5, 5.41) is 12.5. The van der Waals surface area contributed by atoms with E-state index >= 15 is 0 Å². The number of nitrogens with zero attached hydrogens (tertiary/aromatic N) is 1. The molecule has 1 aliphatic rings. The Morgan fingerprint density at radius 3 is 2.41 bits per heavy atom. The number of hydrogen-bond acceptors (Lipinski definition) is 5. The highest BCUT2D eigenvalue weighted by molar-refractivity contribution is 6.51. The first-order valence-corrected chi connectivity index (χ1v) is 12.9. The Balaban J connectivity index is 1.74. The van der Waals surface area contributed by atoms with Crippen LogP contribution in [0.15, 0.2) is 78.5 Å². The molecule has 0 radical (unpaired) electrons. The SMILES string of the molecule is CCOc1ccc(N2C(=O)C(=O)/C(=C(/O)c3ccc(OC)c(C(C)(C)C)c3)C2c2c[nH]c3ccccc23)cc1. The molecule has 1 unspecified atom stereocenters. The third-order valence-corrected chi connectivity index (χ3v) is 7.07. The van der Waals surface area contributed by atoms with E-state index < -0.39 is 17.7 Å². The van der Waals surface area contributed by atoms with Crippen LogP contribution in [-0.4, -0.2) is 35.5 Å². The van der Waals surface area contributed by atoms with Crippen molar-refractivity contribution in [2.45, 2.75) is 39.2 Å². The topological polar surface area (TPSA) is 91.9 Å². The Morgan fingerprint density at radius 1 is 1.03 bits per heavy atom. The van der Waals surface area contributed by atoms with E-state index in [2.05, 4.69) is 4.98 Å². The van der Waals surface area contributed by atoms with Gasteiger partial charge >= 0.3 is 0 Å². The summed E-state index contributed by atoms with van der Waals surface area (Å²) in [5.41, 5.74) is 3.17. The lowest BCUT2D eigenvalue weighted by Gasteiger charge is -2.26. The molecule has 0 saturated carbocycles. The van der Waals surface area contributed by atoms with Crippen LogP contribution in [0.1, 0.15) is 50.4 Å². The molecular weight excluding hydrogens is 492 g/mol. The predicted molar refractivity (Wildman–Crippen MR) is 152 cm³/mol. The average Bonchev–Trinajstić information content (AvgIpc) is 3.46. The van der Waals surface area contributed by atoms with Crippen LogP contribution < -0.4 is 14.4 Å². The van der Waals surface area contributed by atoms with Crippen LogP contribution in [0.5, 0.6) is 11.5 Å².